The SMILES string of the molecule is CC(=O)C[C@H]1CCCN(C)C1. The molecule has 1 atom stereocenters. The van der Waals surface area contributed by atoms with Crippen LogP contribution in [-0.4, -0.2) is 30.8 Å². The minimum Gasteiger partial charge on any atom is -0.306 e. The molecule has 2 nitrogen and oxygen atoms in total. The van der Waals surface area contributed by atoms with Crippen LogP contribution in [0.3, 0.4) is 0 Å². The van der Waals surface area contributed by atoms with Gasteiger partial charge in [0.05, 0.1) is 0 Å². The molecule has 1 aliphatic rings. The van der Waals surface area contributed by atoms with Crippen LogP contribution in [0.5, 0.6) is 0 Å². The molecule has 0 N–H and O–H groups in total. The zero-order valence-electron chi connectivity index (χ0n) is 7.47. The van der Waals surface area contributed by atoms with E-state index in [1.807, 2.05) is 0 Å². The lowest BCUT2D eigenvalue weighted by Crippen LogP contribution is -2.32. The number of rotatable bonds is 2. The summed E-state index contributed by atoms with van der Waals surface area (Å²) in [5.41, 5.74) is 0. The molecule has 1 rings (SSSR count). The molecular formula is C9H17NO. The number of hydrogen-bond donors (Lipinski definition) is 0. The van der Waals surface area contributed by atoms with Crippen LogP contribution in [0, 0.1) is 5.92 Å². The van der Waals surface area contributed by atoms with E-state index < -0.39 is 0 Å². The van der Waals surface area contributed by atoms with Crippen molar-refractivity contribution in [3.8, 4) is 0 Å². The Morgan fingerprint density at radius 1 is 1.64 bits per heavy atom. The largest absolute Gasteiger partial charge is 0.306 e. The molecule has 1 aliphatic heterocycles. The highest BCUT2D eigenvalue weighted by molar-refractivity contribution is 5.75. The van der Waals surface area contributed by atoms with Gasteiger partial charge < -0.3 is 9.69 Å². The van der Waals surface area contributed by atoms with Gasteiger partial charge in [-0.15, -0.1) is 0 Å². The van der Waals surface area contributed by atoms with Crippen LogP contribution < -0.4 is 0 Å². The van der Waals surface area contributed by atoms with E-state index in [-0.39, 0.29) is 0 Å². The van der Waals surface area contributed by atoms with E-state index in [9.17, 15) is 4.79 Å². The first-order chi connectivity index (χ1) is 5.18. The first-order valence-corrected chi connectivity index (χ1v) is 4.36. The van der Waals surface area contributed by atoms with Gasteiger partial charge in [-0.3, -0.25) is 0 Å². The third-order valence-corrected chi connectivity index (χ3v) is 2.30. The Balaban J connectivity index is 2.28. The average Bonchev–Trinajstić information content (AvgIpc) is 1.85. The summed E-state index contributed by atoms with van der Waals surface area (Å²) in [5.74, 6) is 0.969. The molecule has 0 aromatic carbocycles. The van der Waals surface area contributed by atoms with Crippen LogP contribution >= 0.6 is 0 Å². The fourth-order valence-corrected chi connectivity index (χ4v) is 1.85. The molecule has 1 heterocycles. The van der Waals surface area contributed by atoms with Crippen molar-refractivity contribution in [2.24, 2.45) is 5.92 Å². The Hall–Kier alpha value is -0.370. The molecule has 0 amide bonds. The van der Waals surface area contributed by atoms with Gasteiger partial charge in [-0.1, -0.05) is 0 Å². The lowest BCUT2D eigenvalue weighted by Gasteiger charge is -2.28. The second kappa shape index (κ2) is 3.86. The summed E-state index contributed by atoms with van der Waals surface area (Å²) in [6.45, 7) is 4.00. The van der Waals surface area contributed by atoms with Crippen LogP contribution in [0.4, 0.5) is 0 Å². The van der Waals surface area contributed by atoms with Gasteiger partial charge in [0.25, 0.3) is 0 Å². The van der Waals surface area contributed by atoms with Crippen molar-refractivity contribution in [2.45, 2.75) is 26.2 Å². The van der Waals surface area contributed by atoms with Gasteiger partial charge in [0, 0.05) is 13.0 Å². The quantitative estimate of drug-likeness (QED) is 0.599. The number of ketones is 1. The van der Waals surface area contributed by atoms with Crippen LogP contribution in [0.1, 0.15) is 26.2 Å². The number of Topliss-reactive ketones (excluding diaryl/α,β-unsaturated/α-hetero) is 1. The molecule has 0 aromatic heterocycles. The molecule has 0 saturated carbocycles. The predicted octanol–water partition coefficient (Wildman–Crippen LogP) is 1.31. The normalized spacial score (nSPS) is 26.9. The Kier molecular flexibility index (Phi) is 3.06. The monoisotopic (exact) mass is 155 g/mol. The number of likely N-dealkylation sites (tertiary alicyclic amines) is 1. The molecule has 1 fully saturated rings. The van der Waals surface area contributed by atoms with Crippen LogP contribution in [0.25, 0.3) is 0 Å². The molecule has 1 saturated heterocycles. The minimum atomic E-state index is 0.338. The molecule has 2 heteroatoms. The fraction of sp³-hybridized carbons (Fsp3) is 0.889. The van der Waals surface area contributed by atoms with Gasteiger partial charge in [-0.05, 0) is 39.3 Å². The molecule has 0 aromatic rings. The Labute approximate surface area is 68.6 Å². The smallest absolute Gasteiger partial charge is 0.130 e. The lowest BCUT2D eigenvalue weighted by molar-refractivity contribution is -0.118. The van der Waals surface area contributed by atoms with E-state index in [2.05, 4.69) is 11.9 Å². The summed E-state index contributed by atoms with van der Waals surface area (Å²) in [6, 6.07) is 0. The van der Waals surface area contributed by atoms with Gasteiger partial charge in [0.2, 0.25) is 0 Å². The van der Waals surface area contributed by atoms with E-state index >= 15 is 0 Å². The van der Waals surface area contributed by atoms with Crippen molar-refractivity contribution >= 4 is 5.78 Å². The minimum absolute atomic E-state index is 0.338. The zero-order valence-corrected chi connectivity index (χ0v) is 7.47. The maximum absolute atomic E-state index is 10.8. The summed E-state index contributed by atoms with van der Waals surface area (Å²) >= 11 is 0. The van der Waals surface area contributed by atoms with Crippen molar-refractivity contribution < 1.29 is 4.79 Å². The maximum atomic E-state index is 10.8. The van der Waals surface area contributed by atoms with Crippen LogP contribution in [0.15, 0.2) is 0 Å². The molecule has 0 aliphatic carbocycles. The van der Waals surface area contributed by atoms with Crippen molar-refractivity contribution in [1.29, 1.82) is 0 Å². The Morgan fingerprint density at radius 2 is 2.36 bits per heavy atom. The summed E-state index contributed by atoms with van der Waals surface area (Å²) in [7, 11) is 2.13. The number of piperidine rings is 1. The molecule has 64 valence electrons. The molecule has 0 radical (unpaired) electrons. The number of carbonyl (C=O) groups excluding carboxylic acids is 1. The molecule has 0 spiro atoms. The van der Waals surface area contributed by atoms with E-state index in [1.165, 1.54) is 19.4 Å². The highest BCUT2D eigenvalue weighted by Crippen LogP contribution is 2.18. The third-order valence-electron chi connectivity index (χ3n) is 2.30. The van der Waals surface area contributed by atoms with Gasteiger partial charge in [0.15, 0.2) is 0 Å². The maximum Gasteiger partial charge on any atom is 0.130 e. The van der Waals surface area contributed by atoms with Crippen molar-refractivity contribution in [1.82, 2.24) is 4.90 Å². The molecule has 11 heavy (non-hydrogen) atoms. The summed E-state index contributed by atoms with van der Waals surface area (Å²) < 4.78 is 0. The summed E-state index contributed by atoms with van der Waals surface area (Å²) in [6.07, 6.45) is 3.28. The standard InChI is InChI=1S/C9H17NO/c1-8(11)6-9-4-3-5-10(2)7-9/h9H,3-7H2,1-2H3/t9-/m1/s1. The van der Waals surface area contributed by atoms with Gasteiger partial charge in [-0.2, -0.15) is 0 Å². The Bertz CT molecular complexity index is 144. The second-order valence-corrected chi connectivity index (χ2v) is 3.68. The molecule has 0 bridgehead atoms. The van der Waals surface area contributed by atoms with Gasteiger partial charge in [0.1, 0.15) is 5.78 Å². The highest BCUT2D eigenvalue weighted by atomic mass is 16.1. The lowest BCUT2D eigenvalue weighted by atomic mass is 9.94. The molecule has 0 unspecified atom stereocenters. The topological polar surface area (TPSA) is 20.3 Å². The van der Waals surface area contributed by atoms with Crippen molar-refractivity contribution in [3.05, 3.63) is 0 Å². The van der Waals surface area contributed by atoms with Gasteiger partial charge >= 0.3 is 0 Å². The Morgan fingerprint density at radius 3 is 2.91 bits per heavy atom. The first kappa shape index (κ1) is 8.72. The van der Waals surface area contributed by atoms with E-state index in [1.54, 1.807) is 6.92 Å². The van der Waals surface area contributed by atoms with Gasteiger partial charge in [-0.25, -0.2) is 0 Å². The first-order valence-electron chi connectivity index (χ1n) is 4.36. The van der Waals surface area contributed by atoms with Crippen molar-refractivity contribution in [3.63, 3.8) is 0 Å². The number of hydrogen-bond acceptors (Lipinski definition) is 2. The van der Waals surface area contributed by atoms with Crippen LogP contribution in [-0.2, 0) is 4.79 Å². The predicted molar refractivity (Wildman–Crippen MR) is 45.5 cm³/mol. The number of carbonyl (C=O) groups is 1. The fourth-order valence-electron chi connectivity index (χ4n) is 1.85. The summed E-state index contributed by atoms with van der Waals surface area (Å²) in [5, 5.41) is 0. The van der Waals surface area contributed by atoms with Crippen molar-refractivity contribution in [2.75, 3.05) is 20.1 Å². The highest BCUT2D eigenvalue weighted by Gasteiger charge is 2.17. The third kappa shape index (κ3) is 3.02. The molecular weight excluding hydrogens is 138 g/mol. The van der Waals surface area contributed by atoms with E-state index in [4.69, 9.17) is 0 Å². The summed E-state index contributed by atoms with van der Waals surface area (Å²) in [4.78, 5) is 13.1. The second-order valence-electron chi connectivity index (χ2n) is 3.68. The number of nitrogens with zero attached hydrogens (tertiary/aromatic N) is 1. The van der Waals surface area contributed by atoms with E-state index in [0.29, 0.717) is 11.7 Å². The van der Waals surface area contributed by atoms with E-state index in [0.717, 1.165) is 13.0 Å². The van der Waals surface area contributed by atoms with Crippen LogP contribution in [0.2, 0.25) is 0 Å². The zero-order chi connectivity index (χ0) is 8.27. The average molecular weight is 155 g/mol.